The molecule has 0 atom stereocenters. The van der Waals surface area contributed by atoms with Crippen molar-refractivity contribution in [1.29, 1.82) is 0 Å². The fourth-order valence-corrected chi connectivity index (χ4v) is 1.41. The minimum atomic E-state index is -0.367. The molecule has 2 N–H and O–H groups in total. The van der Waals surface area contributed by atoms with Crippen LogP contribution in [0.5, 0.6) is 5.75 Å². The number of hydrogen-bond acceptors (Lipinski definition) is 2. The molecule has 0 amide bonds. The first kappa shape index (κ1) is 11.3. The number of halogens is 1. The van der Waals surface area contributed by atoms with E-state index in [4.69, 9.17) is 22.1 Å². The van der Waals surface area contributed by atoms with Gasteiger partial charge in [0.1, 0.15) is 5.75 Å². The molecule has 1 aromatic rings. The molecule has 1 rings (SSSR count). The normalized spacial score (nSPS) is 11.5. The predicted octanol–water partition coefficient (Wildman–Crippen LogP) is 2.93. The van der Waals surface area contributed by atoms with Gasteiger partial charge in [-0.1, -0.05) is 17.7 Å². The molecule has 0 aliphatic heterocycles. The Morgan fingerprint density at radius 3 is 2.50 bits per heavy atom. The van der Waals surface area contributed by atoms with E-state index < -0.39 is 0 Å². The van der Waals surface area contributed by atoms with E-state index in [1.807, 2.05) is 39.0 Å². The molecular formula is C11H16ClNO. The second-order valence-electron chi connectivity index (χ2n) is 3.80. The van der Waals surface area contributed by atoms with Crippen LogP contribution in [0.2, 0.25) is 5.02 Å². The highest BCUT2D eigenvalue weighted by Crippen LogP contribution is 2.29. The summed E-state index contributed by atoms with van der Waals surface area (Å²) in [5.74, 6) is 0.710. The van der Waals surface area contributed by atoms with Gasteiger partial charge in [-0.2, -0.15) is 0 Å². The fraction of sp³-hybridized carbons (Fsp3) is 0.455. The Hall–Kier alpha value is -0.730. The van der Waals surface area contributed by atoms with E-state index in [1.165, 1.54) is 0 Å². The van der Waals surface area contributed by atoms with Crippen molar-refractivity contribution in [2.75, 3.05) is 6.61 Å². The zero-order chi connectivity index (χ0) is 10.8. The van der Waals surface area contributed by atoms with Crippen LogP contribution in [0.3, 0.4) is 0 Å². The fourth-order valence-electron chi connectivity index (χ4n) is 1.17. The second kappa shape index (κ2) is 4.20. The Morgan fingerprint density at radius 2 is 2.07 bits per heavy atom. The molecule has 2 nitrogen and oxygen atoms in total. The monoisotopic (exact) mass is 213 g/mol. The molecule has 1 aromatic carbocycles. The van der Waals surface area contributed by atoms with E-state index in [0.717, 1.165) is 5.56 Å². The number of benzene rings is 1. The first-order valence-electron chi connectivity index (χ1n) is 4.67. The molecule has 0 bridgehead atoms. The van der Waals surface area contributed by atoms with Gasteiger partial charge in [-0.15, -0.1) is 0 Å². The van der Waals surface area contributed by atoms with Crippen LogP contribution in [0, 0.1) is 0 Å². The summed E-state index contributed by atoms with van der Waals surface area (Å²) in [5.41, 5.74) is 6.59. The first-order valence-corrected chi connectivity index (χ1v) is 5.04. The van der Waals surface area contributed by atoms with Crippen LogP contribution in [0.4, 0.5) is 0 Å². The summed E-state index contributed by atoms with van der Waals surface area (Å²) in [7, 11) is 0. The van der Waals surface area contributed by atoms with Crippen molar-refractivity contribution in [2.45, 2.75) is 26.3 Å². The molecule has 0 aliphatic rings. The zero-order valence-corrected chi connectivity index (χ0v) is 9.56. The maximum Gasteiger partial charge on any atom is 0.137 e. The lowest BCUT2D eigenvalue weighted by Crippen LogP contribution is -2.28. The van der Waals surface area contributed by atoms with Crippen molar-refractivity contribution >= 4 is 11.6 Å². The lowest BCUT2D eigenvalue weighted by molar-refractivity contribution is 0.340. The number of ether oxygens (including phenoxy) is 1. The van der Waals surface area contributed by atoms with E-state index in [9.17, 15) is 0 Å². The van der Waals surface area contributed by atoms with Crippen molar-refractivity contribution in [3.63, 3.8) is 0 Å². The van der Waals surface area contributed by atoms with Crippen LogP contribution in [0.15, 0.2) is 18.2 Å². The van der Waals surface area contributed by atoms with Crippen molar-refractivity contribution in [2.24, 2.45) is 5.73 Å². The van der Waals surface area contributed by atoms with Crippen molar-refractivity contribution in [1.82, 2.24) is 0 Å². The standard InChI is InChI=1S/C11H16ClNO/c1-4-14-10-6-5-8(7-9(10)12)11(2,3)13/h5-7H,4,13H2,1-3H3. The molecule has 0 spiro atoms. The molecular weight excluding hydrogens is 198 g/mol. The third kappa shape index (κ3) is 2.63. The smallest absolute Gasteiger partial charge is 0.137 e. The molecule has 0 fully saturated rings. The maximum atomic E-state index is 6.03. The van der Waals surface area contributed by atoms with Gasteiger partial charge >= 0.3 is 0 Å². The number of rotatable bonds is 3. The minimum Gasteiger partial charge on any atom is -0.492 e. The zero-order valence-electron chi connectivity index (χ0n) is 8.80. The van der Waals surface area contributed by atoms with Crippen LogP contribution in [-0.2, 0) is 5.54 Å². The van der Waals surface area contributed by atoms with Crippen LogP contribution in [0.25, 0.3) is 0 Å². The van der Waals surface area contributed by atoms with Gasteiger partial charge in [0.15, 0.2) is 0 Å². The van der Waals surface area contributed by atoms with Crippen molar-refractivity contribution < 1.29 is 4.74 Å². The average Bonchev–Trinajstić information content (AvgIpc) is 2.07. The van der Waals surface area contributed by atoms with E-state index >= 15 is 0 Å². The molecule has 78 valence electrons. The summed E-state index contributed by atoms with van der Waals surface area (Å²) < 4.78 is 5.33. The van der Waals surface area contributed by atoms with Gasteiger partial charge < -0.3 is 10.5 Å². The molecule has 0 aliphatic carbocycles. The molecule has 0 aromatic heterocycles. The summed E-state index contributed by atoms with van der Waals surface area (Å²) >= 11 is 6.03. The molecule has 0 heterocycles. The van der Waals surface area contributed by atoms with Crippen LogP contribution in [0.1, 0.15) is 26.3 Å². The predicted molar refractivity (Wildman–Crippen MR) is 59.8 cm³/mol. The van der Waals surface area contributed by atoms with Gasteiger partial charge in [-0.05, 0) is 38.5 Å². The van der Waals surface area contributed by atoms with Crippen LogP contribution in [-0.4, -0.2) is 6.61 Å². The van der Waals surface area contributed by atoms with Crippen LogP contribution < -0.4 is 10.5 Å². The third-order valence-corrected chi connectivity index (χ3v) is 2.27. The van der Waals surface area contributed by atoms with E-state index in [-0.39, 0.29) is 5.54 Å². The highest BCUT2D eigenvalue weighted by Gasteiger charge is 2.15. The van der Waals surface area contributed by atoms with Gasteiger partial charge in [0.25, 0.3) is 0 Å². The summed E-state index contributed by atoms with van der Waals surface area (Å²) in [6.07, 6.45) is 0. The highest BCUT2D eigenvalue weighted by atomic mass is 35.5. The van der Waals surface area contributed by atoms with Gasteiger partial charge in [0.05, 0.1) is 11.6 Å². The minimum absolute atomic E-state index is 0.367. The molecule has 0 radical (unpaired) electrons. The molecule has 0 saturated heterocycles. The number of nitrogens with two attached hydrogens (primary N) is 1. The van der Waals surface area contributed by atoms with E-state index in [1.54, 1.807) is 0 Å². The molecule has 0 saturated carbocycles. The van der Waals surface area contributed by atoms with Gasteiger partial charge in [0, 0.05) is 5.54 Å². The molecule has 0 unspecified atom stereocenters. The van der Waals surface area contributed by atoms with Crippen LogP contribution >= 0.6 is 11.6 Å². The Labute approximate surface area is 90.0 Å². The summed E-state index contributed by atoms with van der Waals surface area (Å²) in [5, 5.41) is 0.614. The number of hydrogen-bond donors (Lipinski definition) is 1. The Balaban J connectivity index is 3.01. The topological polar surface area (TPSA) is 35.2 Å². The largest absolute Gasteiger partial charge is 0.492 e. The summed E-state index contributed by atoms with van der Waals surface area (Å²) in [6.45, 7) is 6.43. The summed E-state index contributed by atoms with van der Waals surface area (Å²) in [4.78, 5) is 0. The van der Waals surface area contributed by atoms with Gasteiger partial charge in [0.2, 0.25) is 0 Å². The average molecular weight is 214 g/mol. The maximum absolute atomic E-state index is 6.03. The quantitative estimate of drug-likeness (QED) is 0.838. The first-order chi connectivity index (χ1) is 6.45. The Bertz CT molecular complexity index is 318. The van der Waals surface area contributed by atoms with Gasteiger partial charge in [-0.25, -0.2) is 0 Å². The van der Waals surface area contributed by atoms with Crippen molar-refractivity contribution in [3.05, 3.63) is 28.8 Å². The summed E-state index contributed by atoms with van der Waals surface area (Å²) in [6, 6.07) is 5.65. The Kier molecular flexibility index (Phi) is 3.40. The second-order valence-corrected chi connectivity index (χ2v) is 4.21. The highest BCUT2D eigenvalue weighted by molar-refractivity contribution is 6.32. The van der Waals surface area contributed by atoms with E-state index in [2.05, 4.69) is 0 Å². The molecule has 3 heteroatoms. The SMILES string of the molecule is CCOc1ccc(C(C)(C)N)cc1Cl. The lowest BCUT2D eigenvalue weighted by atomic mass is 9.96. The van der Waals surface area contributed by atoms with Gasteiger partial charge in [-0.3, -0.25) is 0 Å². The molecule has 14 heavy (non-hydrogen) atoms. The van der Waals surface area contributed by atoms with E-state index in [0.29, 0.717) is 17.4 Å². The lowest BCUT2D eigenvalue weighted by Gasteiger charge is -2.20. The third-order valence-electron chi connectivity index (χ3n) is 1.98. The van der Waals surface area contributed by atoms with Crippen molar-refractivity contribution in [3.8, 4) is 5.75 Å². The Morgan fingerprint density at radius 1 is 1.43 bits per heavy atom.